The summed E-state index contributed by atoms with van der Waals surface area (Å²) in [6, 6.07) is 24.1. The Morgan fingerprint density at radius 1 is 0.872 bits per heavy atom. The molecular weight excluding hydrogens is 515 g/mol. The standard InChI is InChI=1S/C30H29FN4O3S/c31-26-12-6-7-13-27(26)35-30(36)29(38-25-18-23-10-4-5-11-24(23)19-25)28(20-32-35)33-14-16-34(17-15-33)39(37)21-22-8-2-1-3-9-22/h1-13,20,25H,14-19,21H2. The maximum absolute atomic E-state index is 14.6. The molecule has 1 atom stereocenters. The summed E-state index contributed by atoms with van der Waals surface area (Å²) < 4.78 is 37.1. The lowest BCUT2D eigenvalue weighted by Crippen LogP contribution is -2.49. The molecule has 0 N–H and O–H groups in total. The van der Waals surface area contributed by atoms with E-state index in [2.05, 4.69) is 17.2 Å². The van der Waals surface area contributed by atoms with Gasteiger partial charge in [0.25, 0.3) is 0 Å². The van der Waals surface area contributed by atoms with Crippen molar-refractivity contribution in [1.29, 1.82) is 0 Å². The van der Waals surface area contributed by atoms with Gasteiger partial charge in [0.1, 0.15) is 23.3 Å². The van der Waals surface area contributed by atoms with Crippen LogP contribution in [0.4, 0.5) is 10.1 Å². The predicted octanol–water partition coefficient (Wildman–Crippen LogP) is 3.90. The van der Waals surface area contributed by atoms with Crippen LogP contribution in [0, 0.1) is 5.82 Å². The Balaban J connectivity index is 1.25. The highest BCUT2D eigenvalue weighted by Gasteiger charge is 2.31. The Labute approximate surface area is 229 Å². The van der Waals surface area contributed by atoms with Crippen LogP contribution < -0.4 is 15.2 Å². The molecule has 200 valence electrons. The van der Waals surface area contributed by atoms with E-state index in [-0.39, 0.29) is 17.5 Å². The number of ether oxygens (including phenoxy) is 1. The molecule has 0 saturated carbocycles. The van der Waals surface area contributed by atoms with E-state index in [1.807, 2.05) is 51.7 Å². The van der Waals surface area contributed by atoms with Crippen molar-refractivity contribution in [2.45, 2.75) is 24.7 Å². The van der Waals surface area contributed by atoms with E-state index in [1.54, 1.807) is 18.3 Å². The Morgan fingerprint density at radius 2 is 1.51 bits per heavy atom. The van der Waals surface area contributed by atoms with Crippen molar-refractivity contribution in [3.8, 4) is 11.4 Å². The second-order valence-corrected chi connectivity index (χ2v) is 11.3. The highest BCUT2D eigenvalue weighted by Crippen LogP contribution is 2.31. The smallest absolute Gasteiger partial charge is 0.316 e. The van der Waals surface area contributed by atoms with Gasteiger partial charge in [0.15, 0.2) is 5.75 Å². The highest BCUT2D eigenvalue weighted by atomic mass is 32.2. The number of hydrogen-bond acceptors (Lipinski definition) is 6. The quantitative estimate of drug-likeness (QED) is 0.329. The number of benzene rings is 3. The number of fused-ring (bicyclic) bond motifs is 1. The molecule has 7 nitrogen and oxygen atoms in total. The van der Waals surface area contributed by atoms with Crippen molar-refractivity contribution in [3.05, 3.63) is 118 Å². The van der Waals surface area contributed by atoms with Gasteiger partial charge in [-0.3, -0.25) is 4.79 Å². The first-order valence-corrected chi connectivity index (χ1v) is 14.4. The second-order valence-electron chi connectivity index (χ2n) is 9.81. The van der Waals surface area contributed by atoms with Crippen LogP contribution in [0.15, 0.2) is 89.9 Å². The first-order chi connectivity index (χ1) is 19.1. The number of piperazine rings is 1. The Hall–Kier alpha value is -3.66. The molecule has 6 rings (SSSR count). The highest BCUT2D eigenvalue weighted by molar-refractivity contribution is 7.88. The molecule has 0 spiro atoms. The van der Waals surface area contributed by atoms with Gasteiger partial charge in [0.2, 0.25) is 5.75 Å². The zero-order valence-corrected chi connectivity index (χ0v) is 22.2. The average Bonchev–Trinajstić information content (AvgIpc) is 3.38. The van der Waals surface area contributed by atoms with Crippen molar-refractivity contribution in [3.63, 3.8) is 0 Å². The van der Waals surface area contributed by atoms with Crippen molar-refractivity contribution >= 4 is 17.0 Å². The number of hydrogen-bond donors (Lipinski definition) is 0. The molecule has 0 radical (unpaired) electrons. The van der Waals surface area contributed by atoms with Crippen LogP contribution in [0.25, 0.3) is 5.69 Å². The fourth-order valence-electron chi connectivity index (χ4n) is 5.27. The van der Waals surface area contributed by atoms with Gasteiger partial charge in [0, 0.05) is 42.9 Å². The molecule has 1 aliphatic heterocycles. The third-order valence-corrected chi connectivity index (χ3v) is 8.82. The fourth-order valence-corrected chi connectivity index (χ4v) is 6.50. The zero-order chi connectivity index (χ0) is 26.8. The minimum absolute atomic E-state index is 0.0785. The van der Waals surface area contributed by atoms with E-state index in [0.29, 0.717) is 50.5 Å². The molecule has 1 fully saturated rings. The molecule has 9 heteroatoms. The van der Waals surface area contributed by atoms with Crippen LogP contribution in [-0.4, -0.2) is 50.9 Å². The Morgan fingerprint density at radius 3 is 2.21 bits per heavy atom. The monoisotopic (exact) mass is 544 g/mol. The average molecular weight is 545 g/mol. The minimum Gasteiger partial charge on any atom is -0.598 e. The number of nitrogens with zero attached hydrogens (tertiary/aromatic N) is 4. The molecule has 2 heterocycles. The molecule has 1 saturated heterocycles. The largest absolute Gasteiger partial charge is 0.598 e. The van der Waals surface area contributed by atoms with E-state index in [9.17, 15) is 13.7 Å². The van der Waals surface area contributed by atoms with Crippen LogP contribution in [0.1, 0.15) is 16.7 Å². The van der Waals surface area contributed by atoms with Crippen LogP contribution in [0.2, 0.25) is 0 Å². The van der Waals surface area contributed by atoms with Gasteiger partial charge in [-0.1, -0.05) is 66.7 Å². The third-order valence-electron chi connectivity index (χ3n) is 7.29. The summed E-state index contributed by atoms with van der Waals surface area (Å²) in [6.45, 7) is 2.27. The Bertz CT molecular complexity index is 1480. The molecule has 39 heavy (non-hydrogen) atoms. The maximum atomic E-state index is 14.6. The van der Waals surface area contributed by atoms with Gasteiger partial charge in [-0.2, -0.15) is 9.78 Å². The molecule has 1 aromatic heterocycles. The van der Waals surface area contributed by atoms with E-state index in [4.69, 9.17) is 4.74 Å². The van der Waals surface area contributed by atoms with E-state index < -0.39 is 22.7 Å². The van der Waals surface area contributed by atoms with Crippen molar-refractivity contribution in [2.75, 3.05) is 31.1 Å². The Kier molecular flexibility index (Phi) is 7.36. The first kappa shape index (κ1) is 25.6. The number of rotatable bonds is 7. The molecule has 0 amide bonds. The topological polar surface area (TPSA) is 73.7 Å². The van der Waals surface area contributed by atoms with E-state index in [0.717, 1.165) is 10.2 Å². The summed E-state index contributed by atoms with van der Waals surface area (Å²) >= 11 is -1.14. The van der Waals surface area contributed by atoms with Gasteiger partial charge in [-0.15, -0.1) is 4.31 Å². The van der Waals surface area contributed by atoms with Gasteiger partial charge >= 0.3 is 5.56 Å². The molecule has 4 aromatic rings. The van der Waals surface area contributed by atoms with Crippen LogP contribution in [0.5, 0.6) is 5.75 Å². The molecular formula is C30H29FN4O3S. The minimum atomic E-state index is -1.14. The summed E-state index contributed by atoms with van der Waals surface area (Å²) in [5, 5.41) is 4.34. The predicted molar refractivity (Wildman–Crippen MR) is 150 cm³/mol. The molecule has 3 aromatic carbocycles. The fraction of sp³-hybridized carbons (Fsp3) is 0.267. The molecule has 1 aliphatic carbocycles. The second kappa shape index (κ2) is 11.2. The van der Waals surface area contributed by atoms with Crippen LogP contribution in [-0.2, 0) is 30.0 Å². The van der Waals surface area contributed by atoms with Gasteiger partial charge in [-0.25, -0.2) is 4.39 Å². The van der Waals surface area contributed by atoms with Crippen LogP contribution >= 0.6 is 0 Å². The maximum Gasteiger partial charge on any atom is 0.316 e. The van der Waals surface area contributed by atoms with Crippen LogP contribution in [0.3, 0.4) is 0 Å². The number of aromatic nitrogens is 2. The molecule has 2 aliphatic rings. The van der Waals surface area contributed by atoms with Gasteiger partial charge in [-0.05, 0) is 23.3 Å². The van der Waals surface area contributed by atoms with E-state index >= 15 is 0 Å². The zero-order valence-electron chi connectivity index (χ0n) is 21.4. The number of anilines is 1. The van der Waals surface area contributed by atoms with Gasteiger partial charge in [0.05, 0.1) is 19.3 Å². The lowest BCUT2D eigenvalue weighted by atomic mass is 10.1. The first-order valence-electron chi connectivity index (χ1n) is 13.1. The normalized spacial score (nSPS) is 16.7. The molecule has 1 unspecified atom stereocenters. The summed E-state index contributed by atoms with van der Waals surface area (Å²) in [6.07, 6.45) is 2.78. The van der Waals surface area contributed by atoms with Crippen molar-refractivity contribution in [2.24, 2.45) is 0 Å². The third kappa shape index (κ3) is 5.43. The van der Waals surface area contributed by atoms with E-state index in [1.165, 1.54) is 23.3 Å². The summed E-state index contributed by atoms with van der Waals surface area (Å²) in [4.78, 5) is 15.8. The lowest BCUT2D eigenvalue weighted by Gasteiger charge is -2.36. The summed E-state index contributed by atoms with van der Waals surface area (Å²) in [5.74, 6) is 0.107. The number of para-hydroxylation sites is 1. The summed E-state index contributed by atoms with van der Waals surface area (Å²) in [5.41, 5.74) is 3.62. The SMILES string of the molecule is O=c1c(OC2Cc3ccccc3C2)c(N2CCN([S+]([O-])Cc3ccccc3)CC2)cnn1-c1ccccc1F. The van der Waals surface area contributed by atoms with Gasteiger partial charge < -0.3 is 14.2 Å². The molecule has 0 bridgehead atoms. The number of halogens is 1. The lowest BCUT2D eigenvalue weighted by molar-refractivity contribution is 0.209. The van der Waals surface area contributed by atoms with Crippen molar-refractivity contribution in [1.82, 2.24) is 14.1 Å². The van der Waals surface area contributed by atoms with Crippen molar-refractivity contribution < 1.29 is 13.7 Å². The summed E-state index contributed by atoms with van der Waals surface area (Å²) in [7, 11) is 0.